The minimum Gasteiger partial charge on any atom is -0.223 e. The Morgan fingerprint density at radius 1 is 1.05 bits per heavy atom. The predicted molar refractivity (Wildman–Crippen MR) is 88.0 cm³/mol. The summed E-state index contributed by atoms with van der Waals surface area (Å²) in [5.74, 6) is 0.605. The first-order valence-electron chi connectivity index (χ1n) is 6.97. The molecule has 1 aromatic rings. The molecule has 2 nitrogen and oxygen atoms in total. The number of hydrogen-bond donors (Lipinski definition) is 0. The van der Waals surface area contributed by atoms with Crippen LogP contribution in [-0.2, 0) is 9.84 Å². The molecule has 20 heavy (non-hydrogen) atoms. The van der Waals surface area contributed by atoms with Gasteiger partial charge in [0.2, 0.25) is 0 Å². The zero-order chi connectivity index (χ0) is 14.4. The van der Waals surface area contributed by atoms with Crippen LogP contribution in [0.3, 0.4) is 0 Å². The standard InChI is InChI=1S/C15H20O2S3/c1-18-15(19-2)12-9-6-10-13(15)14(12)20(16,17)11-7-4-3-5-8-11/h3-5,7-8,12-14H,6,9-10H2,1-2H3/t12-,13+,14?. The molecule has 2 fully saturated rings. The average molecular weight is 329 g/mol. The molecule has 0 heterocycles. The second-order valence-electron chi connectivity index (χ2n) is 5.60. The minimum atomic E-state index is -3.18. The Morgan fingerprint density at radius 3 is 2.10 bits per heavy atom. The molecule has 5 heteroatoms. The highest BCUT2D eigenvalue weighted by atomic mass is 32.2. The van der Waals surface area contributed by atoms with E-state index in [0.29, 0.717) is 16.7 Å². The van der Waals surface area contributed by atoms with Gasteiger partial charge in [-0.1, -0.05) is 24.6 Å². The molecule has 1 aromatic carbocycles. The zero-order valence-electron chi connectivity index (χ0n) is 11.8. The van der Waals surface area contributed by atoms with Gasteiger partial charge in [0, 0.05) is 11.8 Å². The fourth-order valence-corrected chi connectivity index (χ4v) is 9.77. The van der Waals surface area contributed by atoms with Gasteiger partial charge in [-0.2, -0.15) is 0 Å². The van der Waals surface area contributed by atoms with Gasteiger partial charge in [-0.05, 0) is 37.5 Å². The van der Waals surface area contributed by atoms with Gasteiger partial charge < -0.3 is 0 Å². The second-order valence-corrected chi connectivity index (χ2v) is 10.1. The molecule has 2 aliphatic carbocycles. The summed E-state index contributed by atoms with van der Waals surface area (Å²) in [4.78, 5) is 0.498. The molecule has 0 aliphatic heterocycles. The molecule has 1 unspecified atom stereocenters. The molecule has 110 valence electrons. The van der Waals surface area contributed by atoms with Crippen molar-refractivity contribution in [3.63, 3.8) is 0 Å². The predicted octanol–water partition coefficient (Wildman–Crippen LogP) is 3.68. The molecule has 0 aromatic heterocycles. The van der Waals surface area contributed by atoms with E-state index in [-0.39, 0.29) is 9.33 Å². The van der Waals surface area contributed by atoms with E-state index in [4.69, 9.17) is 0 Å². The molecule has 2 saturated carbocycles. The highest BCUT2D eigenvalue weighted by Gasteiger charge is 2.67. The van der Waals surface area contributed by atoms with Gasteiger partial charge in [0.1, 0.15) is 0 Å². The maximum absolute atomic E-state index is 12.9. The summed E-state index contributed by atoms with van der Waals surface area (Å²) in [5, 5.41) is -0.168. The molecule has 0 radical (unpaired) electrons. The first-order valence-corrected chi connectivity index (χ1v) is 11.0. The van der Waals surface area contributed by atoms with E-state index >= 15 is 0 Å². The topological polar surface area (TPSA) is 34.1 Å². The zero-order valence-corrected chi connectivity index (χ0v) is 14.2. The Morgan fingerprint density at radius 2 is 1.60 bits per heavy atom. The van der Waals surface area contributed by atoms with Gasteiger partial charge >= 0.3 is 0 Å². The lowest BCUT2D eigenvalue weighted by Crippen LogP contribution is -2.66. The third-order valence-electron chi connectivity index (χ3n) is 4.93. The Labute approximate surface area is 130 Å². The van der Waals surface area contributed by atoms with E-state index in [9.17, 15) is 8.42 Å². The number of sulfone groups is 1. The lowest BCUT2D eigenvalue weighted by molar-refractivity contribution is 0.113. The Kier molecular flexibility index (Phi) is 3.89. The van der Waals surface area contributed by atoms with Gasteiger partial charge in [-0.15, -0.1) is 23.5 Å². The number of thioether (sulfide) groups is 2. The van der Waals surface area contributed by atoms with Gasteiger partial charge in [-0.25, -0.2) is 8.42 Å². The Bertz CT molecular complexity index is 564. The van der Waals surface area contributed by atoms with E-state index in [2.05, 4.69) is 12.5 Å². The van der Waals surface area contributed by atoms with Gasteiger partial charge in [0.05, 0.1) is 14.2 Å². The van der Waals surface area contributed by atoms with Crippen LogP contribution in [0.2, 0.25) is 0 Å². The molecule has 0 amide bonds. The van der Waals surface area contributed by atoms with Crippen molar-refractivity contribution in [3.05, 3.63) is 30.3 Å². The van der Waals surface area contributed by atoms with Crippen LogP contribution in [-0.4, -0.2) is 30.3 Å². The van der Waals surface area contributed by atoms with Crippen molar-refractivity contribution in [2.45, 2.75) is 33.5 Å². The van der Waals surface area contributed by atoms with Crippen LogP contribution >= 0.6 is 23.5 Å². The van der Waals surface area contributed by atoms with E-state index in [1.54, 1.807) is 12.1 Å². The van der Waals surface area contributed by atoms with Crippen molar-refractivity contribution in [3.8, 4) is 0 Å². The summed E-state index contributed by atoms with van der Waals surface area (Å²) in [6, 6.07) is 8.98. The molecular formula is C15H20O2S3. The number of rotatable bonds is 4. The smallest absolute Gasteiger partial charge is 0.181 e. The average Bonchev–Trinajstić information content (AvgIpc) is 2.50. The van der Waals surface area contributed by atoms with Crippen molar-refractivity contribution in [1.29, 1.82) is 0 Å². The number of benzene rings is 1. The van der Waals surface area contributed by atoms with E-state index in [1.165, 1.54) is 6.42 Å². The highest BCUT2D eigenvalue weighted by molar-refractivity contribution is 8.17. The van der Waals surface area contributed by atoms with Crippen LogP contribution in [0, 0.1) is 11.8 Å². The van der Waals surface area contributed by atoms with Crippen molar-refractivity contribution < 1.29 is 8.42 Å². The van der Waals surface area contributed by atoms with Crippen LogP contribution in [0.5, 0.6) is 0 Å². The van der Waals surface area contributed by atoms with E-state index in [0.717, 1.165) is 12.8 Å². The highest BCUT2D eigenvalue weighted by Crippen LogP contribution is 2.67. The maximum Gasteiger partial charge on any atom is 0.181 e. The summed E-state index contributed by atoms with van der Waals surface area (Å²) in [6.07, 6.45) is 7.54. The SMILES string of the molecule is CSC1(SC)[C@@H]2CCC[C@H]1C2S(=O)(=O)c1ccccc1. The molecule has 0 saturated heterocycles. The minimum absolute atomic E-state index is 0.130. The van der Waals surface area contributed by atoms with Crippen LogP contribution < -0.4 is 0 Å². The molecule has 0 spiro atoms. The quantitative estimate of drug-likeness (QED) is 0.790. The monoisotopic (exact) mass is 328 g/mol. The summed E-state index contributed by atoms with van der Waals surface area (Å²) in [7, 11) is -3.18. The summed E-state index contributed by atoms with van der Waals surface area (Å²) < 4.78 is 26.0. The summed E-state index contributed by atoms with van der Waals surface area (Å²) in [6.45, 7) is 0. The lowest BCUT2D eigenvalue weighted by atomic mass is 9.63. The summed E-state index contributed by atoms with van der Waals surface area (Å²) in [5.41, 5.74) is 0. The van der Waals surface area contributed by atoms with Crippen molar-refractivity contribution >= 4 is 33.4 Å². The Hall–Kier alpha value is -0.130. The third-order valence-corrected chi connectivity index (χ3v) is 10.7. The molecule has 2 aliphatic rings. The normalized spacial score (nSPS) is 31.6. The fraction of sp³-hybridized carbons (Fsp3) is 0.600. The largest absolute Gasteiger partial charge is 0.223 e. The summed E-state index contributed by atoms with van der Waals surface area (Å²) >= 11 is 3.73. The first kappa shape index (κ1) is 14.8. The van der Waals surface area contributed by atoms with Crippen molar-refractivity contribution in [2.75, 3.05) is 12.5 Å². The van der Waals surface area contributed by atoms with Gasteiger partial charge in [0.25, 0.3) is 0 Å². The lowest BCUT2D eigenvalue weighted by Gasteiger charge is -2.62. The maximum atomic E-state index is 12.9. The van der Waals surface area contributed by atoms with E-state index < -0.39 is 9.84 Å². The molecule has 2 bridgehead atoms. The number of fused-ring (bicyclic) bond motifs is 2. The van der Waals surface area contributed by atoms with Crippen LogP contribution in [0.15, 0.2) is 35.2 Å². The number of hydrogen-bond acceptors (Lipinski definition) is 4. The second kappa shape index (κ2) is 5.25. The van der Waals surface area contributed by atoms with Crippen molar-refractivity contribution in [1.82, 2.24) is 0 Å². The van der Waals surface area contributed by atoms with Crippen LogP contribution in [0.1, 0.15) is 19.3 Å². The van der Waals surface area contributed by atoms with Crippen LogP contribution in [0.25, 0.3) is 0 Å². The van der Waals surface area contributed by atoms with Gasteiger partial charge in [-0.3, -0.25) is 0 Å². The Balaban J connectivity index is 1.98. The van der Waals surface area contributed by atoms with Gasteiger partial charge in [0.15, 0.2) is 9.84 Å². The molecule has 0 N–H and O–H groups in total. The van der Waals surface area contributed by atoms with E-state index in [1.807, 2.05) is 41.7 Å². The first-order chi connectivity index (χ1) is 9.58. The van der Waals surface area contributed by atoms with Crippen LogP contribution in [0.4, 0.5) is 0 Å². The molecular weight excluding hydrogens is 308 g/mol. The molecule has 3 atom stereocenters. The fourth-order valence-electron chi connectivity index (χ4n) is 4.07. The molecule has 3 rings (SSSR count). The van der Waals surface area contributed by atoms with Crippen molar-refractivity contribution in [2.24, 2.45) is 11.8 Å². The third kappa shape index (κ3) is 1.89.